The molecular formula is C16H16Cl2F3NO. The summed E-state index contributed by atoms with van der Waals surface area (Å²) in [6.45, 7) is 0. The van der Waals surface area contributed by atoms with Gasteiger partial charge in [-0.3, -0.25) is 0 Å². The van der Waals surface area contributed by atoms with Crippen molar-refractivity contribution in [1.29, 1.82) is 0 Å². The van der Waals surface area contributed by atoms with Crippen LogP contribution in [0.1, 0.15) is 22.7 Å². The van der Waals surface area contributed by atoms with Crippen LogP contribution in [-0.2, 0) is 12.6 Å². The third kappa shape index (κ3) is 5.11. The van der Waals surface area contributed by atoms with Crippen LogP contribution in [0.5, 0.6) is 0 Å². The van der Waals surface area contributed by atoms with Crippen LogP contribution in [0.25, 0.3) is 0 Å². The zero-order chi connectivity index (χ0) is 16.3. The minimum Gasteiger partial charge on any atom is -0.391 e. The lowest BCUT2D eigenvalue weighted by Gasteiger charge is -2.21. The largest absolute Gasteiger partial charge is 0.417 e. The molecule has 0 unspecified atom stereocenters. The fraction of sp³-hybridized carbons (Fsp3) is 0.250. The molecule has 2 nitrogen and oxygen atoms in total. The van der Waals surface area contributed by atoms with E-state index in [0.29, 0.717) is 0 Å². The molecular weight excluding hydrogens is 350 g/mol. The molecule has 2 aromatic carbocycles. The lowest BCUT2D eigenvalue weighted by atomic mass is 9.95. The summed E-state index contributed by atoms with van der Waals surface area (Å²) < 4.78 is 38.6. The monoisotopic (exact) mass is 365 g/mol. The molecule has 0 aliphatic rings. The van der Waals surface area contributed by atoms with Crippen molar-refractivity contribution in [2.45, 2.75) is 24.7 Å². The molecule has 0 heterocycles. The van der Waals surface area contributed by atoms with Gasteiger partial charge in [-0.25, -0.2) is 0 Å². The number of nitrogens with two attached hydrogens (primary N) is 1. The molecule has 7 heteroatoms. The zero-order valence-electron chi connectivity index (χ0n) is 11.9. The van der Waals surface area contributed by atoms with E-state index in [1.54, 1.807) is 0 Å². The van der Waals surface area contributed by atoms with Crippen molar-refractivity contribution >= 4 is 24.0 Å². The number of hydrogen-bond donors (Lipinski definition) is 2. The van der Waals surface area contributed by atoms with Crippen molar-refractivity contribution < 1.29 is 18.3 Å². The standard InChI is InChI=1S/C16H15ClF3NO.ClH/c17-13-7-6-11(9-12(13)16(18,19)20)15(21)14(22)8-10-4-2-1-3-5-10;/h1-7,9,14-15,22H,8,21H2;1H/t14-,15+;/m0./s1. The Hall–Kier alpha value is -1.27. The molecule has 0 saturated carbocycles. The van der Waals surface area contributed by atoms with Gasteiger partial charge < -0.3 is 10.8 Å². The van der Waals surface area contributed by atoms with E-state index in [2.05, 4.69) is 0 Å². The number of hydrogen-bond acceptors (Lipinski definition) is 2. The zero-order valence-corrected chi connectivity index (χ0v) is 13.5. The summed E-state index contributed by atoms with van der Waals surface area (Å²) in [7, 11) is 0. The number of alkyl halides is 3. The van der Waals surface area contributed by atoms with E-state index in [1.807, 2.05) is 30.3 Å². The predicted octanol–water partition coefficient (Wildman–Crippen LogP) is 4.38. The SMILES string of the molecule is Cl.N[C@H](c1ccc(Cl)c(C(F)(F)F)c1)[C@@H](O)Cc1ccccc1. The normalized spacial score (nSPS) is 14.0. The molecule has 0 radical (unpaired) electrons. The van der Waals surface area contributed by atoms with Gasteiger partial charge in [-0.15, -0.1) is 12.4 Å². The van der Waals surface area contributed by atoms with Crippen LogP contribution >= 0.6 is 24.0 Å². The van der Waals surface area contributed by atoms with E-state index in [0.717, 1.165) is 17.7 Å². The predicted molar refractivity (Wildman–Crippen MR) is 86.8 cm³/mol. The molecule has 0 spiro atoms. The molecule has 0 saturated heterocycles. The van der Waals surface area contributed by atoms with Gasteiger partial charge >= 0.3 is 6.18 Å². The summed E-state index contributed by atoms with van der Waals surface area (Å²) in [4.78, 5) is 0. The Kier molecular flexibility index (Phi) is 6.89. The average Bonchev–Trinajstić information content (AvgIpc) is 2.47. The number of benzene rings is 2. The first-order valence-electron chi connectivity index (χ1n) is 6.63. The quantitative estimate of drug-likeness (QED) is 0.844. The molecule has 23 heavy (non-hydrogen) atoms. The van der Waals surface area contributed by atoms with E-state index in [9.17, 15) is 18.3 Å². The van der Waals surface area contributed by atoms with Crippen molar-refractivity contribution in [3.05, 3.63) is 70.2 Å². The van der Waals surface area contributed by atoms with Gasteiger partial charge in [-0.1, -0.05) is 48.0 Å². The molecule has 0 aromatic heterocycles. The molecule has 2 aromatic rings. The summed E-state index contributed by atoms with van der Waals surface area (Å²) in [6, 6.07) is 11.6. The molecule has 3 N–H and O–H groups in total. The number of aliphatic hydroxyl groups is 1. The van der Waals surface area contributed by atoms with Gasteiger partial charge in [0.25, 0.3) is 0 Å². The fourth-order valence-corrected chi connectivity index (χ4v) is 2.40. The first kappa shape index (κ1) is 19.8. The molecule has 0 aliphatic heterocycles. The maximum absolute atomic E-state index is 12.9. The third-order valence-corrected chi connectivity index (χ3v) is 3.71. The molecule has 2 atom stereocenters. The van der Waals surface area contributed by atoms with Crippen molar-refractivity contribution in [3.8, 4) is 0 Å². The molecule has 126 valence electrons. The minimum absolute atomic E-state index is 0. The van der Waals surface area contributed by atoms with Gasteiger partial charge in [0.05, 0.1) is 22.7 Å². The lowest BCUT2D eigenvalue weighted by Crippen LogP contribution is -2.28. The third-order valence-electron chi connectivity index (χ3n) is 3.38. The number of halogens is 5. The summed E-state index contributed by atoms with van der Waals surface area (Å²) in [5, 5.41) is 9.76. The topological polar surface area (TPSA) is 46.2 Å². The highest BCUT2D eigenvalue weighted by atomic mass is 35.5. The van der Waals surface area contributed by atoms with Crippen molar-refractivity contribution in [2.75, 3.05) is 0 Å². The van der Waals surface area contributed by atoms with Crippen LogP contribution in [0.2, 0.25) is 5.02 Å². The summed E-state index contributed by atoms with van der Waals surface area (Å²) >= 11 is 5.57. The number of aliphatic hydroxyl groups excluding tert-OH is 1. The van der Waals surface area contributed by atoms with Crippen LogP contribution in [-0.4, -0.2) is 11.2 Å². The molecule has 0 aliphatic carbocycles. The first-order valence-corrected chi connectivity index (χ1v) is 7.01. The molecule has 0 amide bonds. The van der Waals surface area contributed by atoms with Crippen LogP contribution < -0.4 is 5.73 Å². The van der Waals surface area contributed by atoms with Gasteiger partial charge in [0.15, 0.2) is 0 Å². The minimum atomic E-state index is -4.56. The van der Waals surface area contributed by atoms with E-state index >= 15 is 0 Å². The van der Waals surface area contributed by atoms with Gasteiger partial charge in [0.2, 0.25) is 0 Å². The van der Waals surface area contributed by atoms with Crippen LogP contribution in [0.4, 0.5) is 13.2 Å². The Bertz CT molecular complexity index is 635. The molecule has 0 fully saturated rings. The highest BCUT2D eigenvalue weighted by Crippen LogP contribution is 2.36. The summed E-state index contributed by atoms with van der Waals surface area (Å²) in [5.74, 6) is 0. The van der Waals surface area contributed by atoms with E-state index in [-0.39, 0.29) is 29.4 Å². The summed E-state index contributed by atoms with van der Waals surface area (Å²) in [6.07, 6.45) is -5.30. The smallest absolute Gasteiger partial charge is 0.391 e. The Morgan fingerprint density at radius 1 is 1.09 bits per heavy atom. The van der Waals surface area contributed by atoms with Crippen molar-refractivity contribution in [2.24, 2.45) is 5.73 Å². The lowest BCUT2D eigenvalue weighted by molar-refractivity contribution is -0.137. The van der Waals surface area contributed by atoms with Gasteiger partial charge in [0, 0.05) is 6.42 Å². The first-order chi connectivity index (χ1) is 10.3. The van der Waals surface area contributed by atoms with Crippen molar-refractivity contribution in [1.82, 2.24) is 0 Å². The second-order valence-corrected chi connectivity index (χ2v) is 5.43. The van der Waals surface area contributed by atoms with Crippen LogP contribution in [0.15, 0.2) is 48.5 Å². The Morgan fingerprint density at radius 2 is 1.70 bits per heavy atom. The number of rotatable bonds is 4. The molecule has 2 rings (SSSR count). The van der Waals surface area contributed by atoms with Gasteiger partial charge in [-0.05, 0) is 23.3 Å². The fourth-order valence-electron chi connectivity index (χ4n) is 2.17. The second-order valence-electron chi connectivity index (χ2n) is 5.02. The van der Waals surface area contributed by atoms with Crippen LogP contribution in [0.3, 0.4) is 0 Å². The van der Waals surface area contributed by atoms with Crippen molar-refractivity contribution in [3.63, 3.8) is 0 Å². The van der Waals surface area contributed by atoms with Gasteiger partial charge in [-0.2, -0.15) is 13.2 Å². The Labute approximate surface area is 143 Å². The average molecular weight is 366 g/mol. The highest BCUT2D eigenvalue weighted by molar-refractivity contribution is 6.31. The van der Waals surface area contributed by atoms with Gasteiger partial charge in [0.1, 0.15) is 0 Å². The van der Waals surface area contributed by atoms with E-state index in [1.165, 1.54) is 6.07 Å². The molecule has 0 bridgehead atoms. The second kappa shape index (κ2) is 8.02. The highest BCUT2D eigenvalue weighted by Gasteiger charge is 2.34. The van der Waals surface area contributed by atoms with E-state index in [4.69, 9.17) is 17.3 Å². The van der Waals surface area contributed by atoms with Crippen LogP contribution in [0, 0.1) is 0 Å². The van der Waals surface area contributed by atoms with E-state index < -0.39 is 23.9 Å². The maximum Gasteiger partial charge on any atom is 0.417 e. The summed E-state index contributed by atoms with van der Waals surface area (Å²) in [5.41, 5.74) is 5.99. The Morgan fingerprint density at radius 3 is 2.26 bits per heavy atom. The Balaban J connectivity index is 0.00000264. The maximum atomic E-state index is 12.9.